The molecule has 1 amide bonds. The van der Waals surface area contributed by atoms with Crippen LogP contribution in [0.15, 0.2) is 98.0 Å². The molecule has 1 unspecified atom stereocenters. The van der Waals surface area contributed by atoms with Crippen LogP contribution in [-0.2, 0) is 4.79 Å². The molecule has 0 bridgehead atoms. The molecule has 1 saturated heterocycles. The molecule has 37 heavy (non-hydrogen) atoms. The van der Waals surface area contributed by atoms with Crippen molar-refractivity contribution in [2.24, 2.45) is 0 Å². The van der Waals surface area contributed by atoms with Gasteiger partial charge in [-0.2, -0.15) is 4.98 Å². The predicted octanol–water partition coefficient (Wildman–Crippen LogP) is 5.06. The van der Waals surface area contributed by atoms with Gasteiger partial charge in [0.05, 0.1) is 12.2 Å². The Morgan fingerprint density at radius 3 is 2.46 bits per heavy atom. The summed E-state index contributed by atoms with van der Waals surface area (Å²) < 4.78 is 4.13. The molecular formula is C28H26N8O. The van der Waals surface area contributed by atoms with Crippen LogP contribution in [-0.4, -0.2) is 48.0 Å². The Morgan fingerprint density at radius 1 is 0.946 bits per heavy atom. The standard InChI is InChI=1S/C28H26N8O/c1-2-25(37)35-17-14-23(19-35)36-26-24(32-28(36)31-20-8-4-3-5-9-20)18-29-27(33-26)30-21-10-12-22(13-11-21)34-15-6-7-16-34/h2-13,15-16,18,23H,1,14,17,19H2,(H,31,32)(H,29,30,33). The van der Waals surface area contributed by atoms with Crippen molar-refractivity contribution in [3.63, 3.8) is 0 Å². The number of amides is 1. The SMILES string of the molecule is C=CC(=O)N1CCC(n2c(Nc3ccccc3)nc3cnc(Nc4ccc(-n5cccc5)cc4)nc32)C1. The molecule has 0 saturated carbocycles. The van der Waals surface area contributed by atoms with Gasteiger partial charge >= 0.3 is 0 Å². The lowest BCUT2D eigenvalue weighted by Crippen LogP contribution is -2.27. The van der Waals surface area contributed by atoms with Gasteiger partial charge in [-0.3, -0.25) is 9.36 Å². The van der Waals surface area contributed by atoms with Crippen LogP contribution in [0.1, 0.15) is 12.5 Å². The van der Waals surface area contributed by atoms with E-state index in [0.717, 1.165) is 23.5 Å². The van der Waals surface area contributed by atoms with Gasteiger partial charge in [0.25, 0.3) is 0 Å². The molecule has 4 heterocycles. The van der Waals surface area contributed by atoms with E-state index in [9.17, 15) is 4.79 Å². The highest BCUT2D eigenvalue weighted by Crippen LogP contribution is 2.32. The van der Waals surface area contributed by atoms with Crippen molar-refractivity contribution >= 4 is 40.3 Å². The number of hydrogen-bond donors (Lipinski definition) is 2. The number of nitrogens with one attached hydrogen (secondary N) is 2. The number of imidazole rings is 1. The predicted molar refractivity (Wildman–Crippen MR) is 145 cm³/mol. The average molecular weight is 491 g/mol. The van der Waals surface area contributed by atoms with Crippen LogP contribution in [0.25, 0.3) is 16.9 Å². The number of fused-ring (bicyclic) bond motifs is 1. The molecule has 9 heteroatoms. The first kappa shape index (κ1) is 22.5. The summed E-state index contributed by atoms with van der Waals surface area (Å²) >= 11 is 0. The van der Waals surface area contributed by atoms with Gasteiger partial charge in [-0.1, -0.05) is 24.8 Å². The second-order valence-electron chi connectivity index (χ2n) is 8.89. The zero-order valence-electron chi connectivity index (χ0n) is 20.2. The number of para-hydroxylation sites is 1. The molecule has 5 aromatic rings. The average Bonchev–Trinajstić information content (AvgIpc) is 3.69. The third-order valence-corrected chi connectivity index (χ3v) is 6.50. The van der Waals surface area contributed by atoms with E-state index in [4.69, 9.17) is 9.97 Å². The van der Waals surface area contributed by atoms with Crippen LogP contribution in [0.3, 0.4) is 0 Å². The lowest BCUT2D eigenvalue weighted by molar-refractivity contribution is -0.125. The molecule has 0 aliphatic carbocycles. The lowest BCUT2D eigenvalue weighted by Gasteiger charge is -2.18. The molecule has 0 radical (unpaired) electrons. The van der Waals surface area contributed by atoms with Crippen LogP contribution in [0.5, 0.6) is 0 Å². The highest BCUT2D eigenvalue weighted by Gasteiger charge is 2.30. The Kier molecular flexibility index (Phi) is 5.86. The molecule has 1 aliphatic rings. The summed E-state index contributed by atoms with van der Waals surface area (Å²) in [5, 5.41) is 6.73. The number of hydrogen-bond acceptors (Lipinski definition) is 6. The maximum absolute atomic E-state index is 12.3. The third-order valence-electron chi connectivity index (χ3n) is 6.50. The summed E-state index contributed by atoms with van der Waals surface area (Å²) in [7, 11) is 0. The number of carbonyl (C=O) groups is 1. The summed E-state index contributed by atoms with van der Waals surface area (Å²) in [5.41, 5.74) is 4.26. The number of carbonyl (C=O) groups excluding carboxylic acids is 1. The number of benzene rings is 2. The van der Waals surface area contributed by atoms with Crippen LogP contribution in [0.2, 0.25) is 0 Å². The van der Waals surface area contributed by atoms with E-state index in [-0.39, 0.29) is 11.9 Å². The van der Waals surface area contributed by atoms with E-state index in [1.807, 2.05) is 88.6 Å². The van der Waals surface area contributed by atoms with Gasteiger partial charge in [0.15, 0.2) is 5.65 Å². The number of likely N-dealkylation sites (tertiary alicyclic amines) is 1. The van der Waals surface area contributed by atoms with E-state index in [1.165, 1.54) is 6.08 Å². The molecule has 184 valence electrons. The van der Waals surface area contributed by atoms with Crippen LogP contribution in [0.4, 0.5) is 23.3 Å². The van der Waals surface area contributed by atoms with Gasteiger partial charge in [0.2, 0.25) is 17.8 Å². The molecule has 2 N–H and O–H groups in total. The first-order valence-corrected chi connectivity index (χ1v) is 12.2. The largest absolute Gasteiger partial charge is 0.337 e. The molecule has 2 aromatic carbocycles. The number of rotatable bonds is 7. The van der Waals surface area contributed by atoms with Gasteiger partial charge in [0.1, 0.15) is 5.52 Å². The number of anilines is 4. The summed E-state index contributed by atoms with van der Waals surface area (Å²) in [6.45, 7) is 4.85. The summed E-state index contributed by atoms with van der Waals surface area (Å²) in [5.74, 6) is 1.08. The minimum Gasteiger partial charge on any atom is -0.337 e. The summed E-state index contributed by atoms with van der Waals surface area (Å²) in [6, 6.07) is 22.0. The van der Waals surface area contributed by atoms with Crippen molar-refractivity contribution in [2.45, 2.75) is 12.5 Å². The Hall–Kier alpha value is -4.92. The first-order valence-electron chi connectivity index (χ1n) is 12.2. The zero-order valence-corrected chi connectivity index (χ0v) is 20.2. The van der Waals surface area contributed by atoms with Crippen molar-refractivity contribution in [3.8, 4) is 5.69 Å². The van der Waals surface area contributed by atoms with Gasteiger partial charge in [-0.25, -0.2) is 9.97 Å². The highest BCUT2D eigenvalue weighted by atomic mass is 16.2. The molecule has 1 aliphatic heterocycles. The molecule has 0 spiro atoms. The molecule has 9 nitrogen and oxygen atoms in total. The first-order chi connectivity index (χ1) is 18.2. The molecular weight excluding hydrogens is 464 g/mol. The monoisotopic (exact) mass is 490 g/mol. The van der Waals surface area contributed by atoms with E-state index in [1.54, 1.807) is 6.20 Å². The fraction of sp³-hybridized carbons (Fsp3) is 0.143. The minimum atomic E-state index is -0.0650. The zero-order chi connectivity index (χ0) is 25.2. The molecule has 6 rings (SSSR count). The number of nitrogens with zero attached hydrogens (tertiary/aromatic N) is 6. The molecule has 1 atom stereocenters. The quantitative estimate of drug-likeness (QED) is 0.310. The second kappa shape index (κ2) is 9.62. The Bertz CT molecular complexity index is 1540. The topological polar surface area (TPSA) is 92.9 Å². The van der Waals surface area contributed by atoms with Gasteiger partial charge in [-0.05, 0) is 61.0 Å². The molecule has 1 fully saturated rings. The number of aromatic nitrogens is 5. The van der Waals surface area contributed by atoms with Crippen LogP contribution >= 0.6 is 0 Å². The van der Waals surface area contributed by atoms with Gasteiger partial charge in [-0.15, -0.1) is 0 Å². The highest BCUT2D eigenvalue weighted by molar-refractivity contribution is 5.87. The Labute approximate surface area is 214 Å². The van der Waals surface area contributed by atoms with E-state index in [2.05, 4.69) is 26.8 Å². The lowest BCUT2D eigenvalue weighted by atomic mass is 10.2. The molecule has 3 aromatic heterocycles. The van der Waals surface area contributed by atoms with E-state index in [0.29, 0.717) is 36.2 Å². The fourth-order valence-electron chi connectivity index (χ4n) is 4.67. The van der Waals surface area contributed by atoms with Crippen molar-refractivity contribution in [1.29, 1.82) is 0 Å². The maximum atomic E-state index is 12.3. The normalized spacial score (nSPS) is 15.1. The van der Waals surface area contributed by atoms with Crippen LogP contribution in [0, 0.1) is 0 Å². The van der Waals surface area contributed by atoms with Crippen molar-refractivity contribution in [1.82, 2.24) is 29.0 Å². The Balaban J connectivity index is 1.33. The smallest absolute Gasteiger partial charge is 0.246 e. The van der Waals surface area contributed by atoms with Crippen molar-refractivity contribution < 1.29 is 4.79 Å². The minimum absolute atomic E-state index is 0.0173. The summed E-state index contributed by atoms with van der Waals surface area (Å²) in [4.78, 5) is 28.2. The van der Waals surface area contributed by atoms with Gasteiger partial charge < -0.3 is 20.1 Å². The third kappa shape index (κ3) is 4.54. The van der Waals surface area contributed by atoms with Crippen molar-refractivity contribution in [3.05, 3.63) is 98.0 Å². The fourth-order valence-corrected chi connectivity index (χ4v) is 4.67. The maximum Gasteiger partial charge on any atom is 0.246 e. The van der Waals surface area contributed by atoms with Crippen molar-refractivity contribution in [2.75, 3.05) is 23.7 Å². The van der Waals surface area contributed by atoms with E-state index >= 15 is 0 Å². The van der Waals surface area contributed by atoms with E-state index < -0.39 is 0 Å². The summed E-state index contributed by atoms with van der Waals surface area (Å²) in [6.07, 6.45) is 7.90. The van der Waals surface area contributed by atoms with Gasteiger partial charge in [0, 0.05) is 42.5 Å². The second-order valence-corrected chi connectivity index (χ2v) is 8.89. The Morgan fingerprint density at radius 2 is 1.70 bits per heavy atom. The van der Waals surface area contributed by atoms with Crippen LogP contribution < -0.4 is 10.6 Å².